The quantitative estimate of drug-likeness (QED) is 0.228. The molecule has 1 unspecified atom stereocenters. The summed E-state index contributed by atoms with van der Waals surface area (Å²) >= 11 is 0. The molecule has 2 rings (SSSR count). The Kier molecular flexibility index (Phi) is 13.6. The monoisotopic (exact) mass is 530 g/mol. The van der Waals surface area contributed by atoms with E-state index in [1.54, 1.807) is 35.5 Å². The van der Waals surface area contributed by atoms with Gasteiger partial charge in [-0.2, -0.15) is 0 Å². The molecule has 0 saturated carbocycles. The highest BCUT2D eigenvalue weighted by atomic mass is 16.5. The molecule has 38 heavy (non-hydrogen) atoms. The van der Waals surface area contributed by atoms with Crippen molar-refractivity contribution in [3.8, 4) is 28.7 Å². The minimum Gasteiger partial charge on any atom is -0.493 e. The number of ether oxygens (including phenoxy) is 5. The Morgan fingerprint density at radius 3 is 1.89 bits per heavy atom. The zero-order valence-electron chi connectivity index (χ0n) is 24.9. The highest BCUT2D eigenvalue weighted by molar-refractivity contribution is 5.55. The summed E-state index contributed by atoms with van der Waals surface area (Å²) < 4.78 is 27.8. The van der Waals surface area contributed by atoms with Gasteiger partial charge >= 0.3 is 0 Å². The normalized spacial score (nSPS) is 12.8. The minimum atomic E-state index is -0.0661. The lowest BCUT2D eigenvalue weighted by Crippen LogP contribution is -2.43. The first-order chi connectivity index (χ1) is 18.4. The van der Waals surface area contributed by atoms with E-state index < -0.39 is 0 Å². The molecule has 7 nitrogen and oxygen atoms in total. The molecule has 0 bridgehead atoms. The maximum absolute atomic E-state index is 5.70. The molecule has 0 aromatic heterocycles. The molecule has 214 valence electrons. The molecular weight excluding hydrogens is 480 g/mol. The van der Waals surface area contributed by atoms with Crippen molar-refractivity contribution >= 4 is 0 Å². The van der Waals surface area contributed by atoms with Crippen molar-refractivity contribution in [2.75, 3.05) is 61.7 Å². The van der Waals surface area contributed by atoms with Crippen molar-refractivity contribution < 1.29 is 23.7 Å². The summed E-state index contributed by atoms with van der Waals surface area (Å²) in [6.45, 7) is 10.7. The largest absolute Gasteiger partial charge is 0.493 e. The van der Waals surface area contributed by atoms with Crippen LogP contribution in [0.2, 0.25) is 0 Å². The van der Waals surface area contributed by atoms with Crippen LogP contribution in [-0.4, -0.2) is 61.7 Å². The first kappa shape index (κ1) is 31.6. The lowest BCUT2D eigenvalue weighted by Gasteiger charge is -2.39. The van der Waals surface area contributed by atoms with Crippen LogP contribution in [0.5, 0.6) is 28.7 Å². The van der Waals surface area contributed by atoms with E-state index in [0.29, 0.717) is 23.2 Å². The molecular formula is C31H50N2O5. The number of hydrogen-bond acceptors (Lipinski definition) is 7. The van der Waals surface area contributed by atoms with Crippen molar-refractivity contribution in [3.05, 3.63) is 41.5 Å². The van der Waals surface area contributed by atoms with Gasteiger partial charge in [-0.3, -0.25) is 0 Å². The second kappa shape index (κ2) is 16.4. The zero-order valence-corrected chi connectivity index (χ0v) is 24.9. The number of nitrogens with one attached hydrogen (secondary N) is 2. The molecule has 0 heterocycles. The summed E-state index contributed by atoms with van der Waals surface area (Å²) in [6.07, 6.45) is 5.28. The Morgan fingerprint density at radius 2 is 1.34 bits per heavy atom. The van der Waals surface area contributed by atoms with Crippen LogP contribution < -0.4 is 34.3 Å². The highest BCUT2D eigenvalue weighted by Gasteiger charge is 2.36. The third-order valence-electron chi connectivity index (χ3n) is 7.46. The van der Waals surface area contributed by atoms with E-state index in [0.717, 1.165) is 69.8 Å². The van der Waals surface area contributed by atoms with Crippen LogP contribution >= 0.6 is 0 Å². The molecule has 7 heteroatoms. The summed E-state index contributed by atoms with van der Waals surface area (Å²) in [4.78, 5) is 0. The van der Waals surface area contributed by atoms with E-state index >= 15 is 0 Å². The lowest BCUT2D eigenvalue weighted by molar-refractivity contribution is 0.259. The lowest BCUT2D eigenvalue weighted by atomic mass is 9.68. The second-order valence-electron chi connectivity index (χ2n) is 10.0. The maximum Gasteiger partial charge on any atom is 0.203 e. The summed E-state index contributed by atoms with van der Waals surface area (Å²) in [5.74, 6) is 4.01. The Labute approximate surface area is 230 Å². The van der Waals surface area contributed by atoms with Crippen LogP contribution in [0.15, 0.2) is 30.3 Å². The van der Waals surface area contributed by atoms with Crippen LogP contribution in [0.4, 0.5) is 0 Å². The fourth-order valence-corrected chi connectivity index (χ4v) is 5.13. The van der Waals surface area contributed by atoms with Crippen LogP contribution in [0, 0.1) is 5.92 Å². The summed E-state index contributed by atoms with van der Waals surface area (Å²) in [5.41, 5.74) is 2.41. The molecule has 0 saturated heterocycles. The van der Waals surface area contributed by atoms with E-state index in [-0.39, 0.29) is 5.41 Å². The summed E-state index contributed by atoms with van der Waals surface area (Å²) in [7, 11) is 8.35. The van der Waals surface area contributed by atoms with Gasteiger partial charge in [0.1, 0.15) is 0 Å². The highest BCUT2D eigenvalue weighted by Crippen LogP contribution is 2.45. The Bertz CT molecular complexity index is 940. The Balaban J connectivity index is 2.06. The fourth-order valence-electron chi connectivity index (χ4n) is 5.13. The van der Waals surface area contributed by atoms with Crippen molar-refractivity contribution in [1.82, 2.24) is 10.6 Å². The molecule has 2 N–H and O–H groups in total. The Hall–Kier alpha value is -2.64. The maximum atomic E-state index is 5.70. The SMILES string of the molecule is CCCNCC(CCCNCCCc1ccc(OC)c(OC)c1)(c1cc(OC)c(OC)c(OC)c1)C(C)C. The predicted octanol–water partition coefficient (Wildman–Crippen LogP) is 5.63. The van der Waals surface area contributed by atoms with E-state index in [4.69, 9.17) is 23.7 Å². The molecule has 0 amide bonds. The third kappa shape index (κ3) is 8.18. The number of hydrogen-bond donors (Lipinski definition) is 2. The number of aryl methyl sites for hydroxylation is 1. The van der Waals surface area contributed by atoms with Gasteiger partial charge in [-0.1, -0.05) is 26.8 Å². The molecule has 0 aliphatic carbocycles. The van der Waals surface area contributed by atoms with Crippen LogP contribution in [0.3, 0.4) is 0 Å². The van der Waals surface area contributed by atoms with Gasteiger partial charge in [-0.15, -0.1) is 0 Å². The molecule has 1 atom stereocenters. The smallest absolute Gasteiger partial charge is 0.203 e. The molecule has 0 aliphatic heterocycles. The van der Waals surface area contributed by atoms with Gasteiger partial charge in [0, 0.05) is 12.0 Å². The van der Waals surface area contributed by atoms with Crippen LogP contribution in [0.25, 0.3) is 0 Å². The van der Waals surface area contributed by atoms with Gasteiger partial charge in [0.15, 0.2) is 23.0 Å². The average Bonchev–Trinajstić information content (AvgIpc) is 2.94. The summed E-state index contributed by atoms with van der Waals surface area (Å²) in [6, 6.07) is 10.4. The van der Waals surface area contributed by atoms with Gasteiger partial charge in [0.2, 0.25) is 5.75 Å². The average molecular weight is 531 g/mol. The van der Waals surface area contributed by atoms with Crippen LogP contribution in [0.1, 0.15) is 57.6 Å². The first-order valence-corrected chi connectivity index (χ1v) is 13.8. The predicted molar refractivity (Wildman–Crippen MR) is 156 cm³/mol. The van der Waals surface area contributed by atoms with Gasteiger partial charge in [-0.25, -0.2) is 0 Å². The zero-order chi connectivity index (χ0) is 28.0. The third-order valence-corrected chi connectivity index (χ3v) is 7.46. The van der Waals surface area contributed by atoms with E-state index in [1.165, 1.54) is 11.1 Å². The molecule has 0 aliphatic rings. The molecule has 0 radical (unpaired) electrons. The minimum absolute atomic E-state index is 0.0661. The van der Waals surface area contributed by atoms with Crippen molar-refractivity contribution in [1.29, 1.82) is 0 Å². The molecule has 2 aromatic rings. The van der Waals surface area contributed by atoms with E-state index in [9.17, 15) is 0 Å². The van der Waals surface area contributed by atoms with Gasteiger partial charge in [0.05, 0.1) is 35.5 Å². The van der Waals surface area contributed by atoms with Crippen molar-refractivity contribution in [2.24, 2.45) is 5.92 Å². The van der Waals surface area contributed by atoms with Crippen molar-refractivity contribution in [3.63, 3.8) is 0 Å². The molecule has 2 aromatic carbocycles. The van der Waals surface area contributed by atoms with E-state index in [1.807, 2.05) is 6.07 Å². The molecule has 0 spiro atoms. The number of benzene rings is 2. The first-order valence-electron chi connectivity index (χ1n) is 13.8. The Morgan fingerprint density at radius 1 is 0.711 bits per heavy atom. The topological polar surface area (TPSA) is 70.2 Å². The van der Waals surface area contributed by atoms with Crippen molar-refractivity contribution in [2.45, 2.75) is 58.3 Å². The van der Waals surface area contributed by atoms with Gasteiger partial charge < -0.3 is 34.3 Å². The summed E-state index contributed by atoms with van der Waals surface area (Å²) in [5, 5.41) is 7.36. The van der Waals surface area contributed by atoms with E-state index in [2.05, 4.69) is 55.7 Å². The number of methoxy groups -OCH3 is 5. The number of rotatable bonds is 19. The van der Waals surface area contributed by atoms with Crippen LogP contribution in [-0.2, 0) is 11.8 Å². The van der Waals surface area contributed by atoms with Gasteiger partial charge in [-0.05, 0) is 93.0 Å². The standard InChI is InChI=1S/C31H50N2O5/c1-9-16-33-22-31(23(2)3,25-20-28(36-6)30(38-8)29(21-25)37-7)15-11-18-32-17-10-12-24-13-14-26(34-4)27(19-24)35-5/h13-14,19-21,23,32-33H,9-12,15-18,22H2,1-8H3. The fraction of sp³-hybridized carbons (Fsp3) is 0.613. The van der Waals surface area contributed by atoms with Gasteiger partial charge in [0.25, 0.3) is 0 Å². The molecule has 0 fully saturated rings. The second-order valence-corrected chi connectivity index (χ2v) is 10.0.